The fraction of sp³-hybridized carbons (Fsp3) is 0.333. The van der Waals surface area contributed by atoms with Gasteiger partial charge in [-0.15, -0.1) is 0 Å². The zero-order valence-corrected chi connectivity index (χ0v) is 16.8. The number of nitrogens with one attached hydrogen (secondary N) is 2. The van der Waals surface area contributed by atoms with E-state index in [9.17, 15) is 9.59 Å². The molecule has 1 aliphatic rings. The molecule has 8 heteroatoms. The maximum atomic E-state index is 12.8. The van der Waals surface area contributed by atoms with Crippen molar-refractivity contribution in [1.29, 1.82) is 0 Å². The lowest BCUT2D eigenvalue weighted by Crippen LogP contribution is -2.40. The van der Waals surface area contributed by atoms with E-state index < -0.39 is 0 Å². The molecule has 0 bridgehead atoms. The molecule has 3 heterocycles. The minimum absolute atomic E-state index is 0.0453. The molecule has 150 valence electrons. The van der Waals surface area contributed by atoms with Crippen LogP contribution in [0.15, 0.2) is 42.9 Å². The van der Waals surface area contributed by atoms with Crippen molar-refractivity contribution in [2.45, 2.75) is 38.6 Å². The molecular weight excluding hydrogens is 390 g/mol. The third kappa shape index (κ3) is 4.24. The number of halogens is 1. The van der Waals surface area contributed by atoms with Crippen molar-refractivity contribution in [2.75, 3.05) is 5.32 Å². The highest BCUT2D eigenvalue weighted by Crippen LogP contribution is 2.31. The van der Waals surface area contributed by atoms with Crippen molar-refractivity contribution in [1.82, 2.24) is 19.7 Å². The molecule has 1 saturated carbocycles. The van der Waals surface area contributed by atoms with Gasteiger partial charge in [0.2, 0.25) is 11.8 Å². The summed E-state index contributed by atoms with van der Waals surface area (Å²) in [7, 11) is 0. The highest BCUT2D eigenvalue weighted by molar-refractivity contribution is 6.33. The van der Waals surface area contributed by atoms with Crippen LogP contribution in [0.2, 0.25) is 5.02 Å². The Morgan fingerprint density at radius 1 is 1.21 bits per heavy atom. The topological polar surface area (TPSA) is 88.4 Å². The van der Waals surface area contributed by atoms with Crippen LogP contribution in [0, 0.1) is 5.92 Å². The molecule has 0 unspecified atom stereocenters. The lowest BCUT2D eigenvalue weighted by Gasteiger charge is -2.28. The molecule has 2 atom stereocenters. The zero-order valence-electron chi connectivity index (χ0n) is 16.1. The van der Waals surface area contributed by atoms with E-state index in [1.807, 2.05) is 28.8 Å². The van der Waals surface area contributed by atoms with Crippen LogP contribution < -0.4 is 10.6 Å². The monoisotopic (exact) mass is 411 g/mol. The molecule has 0 saturated heterocycles. The maximum Gasteiger partial charge on any atom is 0.228 e. The average molecular weight is 412 g/mol. The summed E-state index contributed by atoms with van der Waals surface area (Å²) in [5, 5.41) is 6.32. The third-order valence-electron chi connectivity index (χ3n) is 5.25. The Bertz CT molecular complexity index is 1060. The summed E-state index contributed by atoms with van der Waals surface area (Å²) in [6.45, 7) is 1.50. The van der Waals surface area contributed by atoms with Crippen molar-refractivity contribution in [3.8, 4) is 11.3 Å². The van der Waals surface area contributed by atoms with E-state index in [0.717, 1.165) is 36.2 Å². The highest BCUT2D eigenvalue weighted by Gasteiger charge is 2.28. The molecule has 0 radical (unpaired) electrons. The second-order valence-corrected chi connectivity index (χ2v) is 7.78. The molecule has 0 aliphatic heterocycles. The van der Waals surface area contributed by atoms with Crippen LogP contribution in [0.25, 0.3) is 16.9 Å². The Labute approximate surface area is 173 Å². The average Bonchev–Trinajstić information content (AvgIpc) is 3.13. The van der Waals surface area contributed by atoms with Gasteiger partial charge in [0.25, 0.3) is 0 Å². The summed E-state index contributed by atoms with van der Waals surface area (Å²) in [5.41, 5.74) is 2.38. The Hall–Kier alpha value is -2.93. The number of hydrogen-bond donors (Lipinski definition) is 2. The second kappa shape index (κ2) is 8.21. The van der Waals surface area contributed by atoms with Crippen molar-refractivity contribution < 1.29 is 9.59 Å². The van der Waals surface area contributed by atoms with Crippen molar-refractivity contribution in [3.05, 3.63) is 47.9 Å². The number of rotatable bonds is 4. The Morgan fingerprint density at radius 2 is 2.07 bits per heavy atom. The third-order valence-corrected chi connectivity index (χ3v) is 5.55. The summed E-state index contributed by atoms with van der Waals surface area (Å²) in [6.07, 6.45) is 8.45. The molecule has 2 N–H and O–H groups in total. The number of hydrogen-bond acceptors (Lipinski definition) is 4. The SMILES string of the molecule is CC(=O)N[C@@H]1CCC[C@H](C(=O)Nc2cc(-c3cnc4ccccn34)c(Cl)cn2)C1. The minimum Gasteiger partial charge on any atom is -0.354 e. The van der Waals surface area contributed by atoms with E-state index in [1.54, 1.807) is 12.3 Å². The molecule has 29 heavy (non-hydrogen) atoms. The molecule has 0 aromatic carbocycles. The number of carbonyl (C=O) groups is 2. The largest absolute Gasteiger partial charge is 0.354 e. The summed E-state index contributed by atoms with van der Waals surface area (Å²) in [4.78, 5) is 32.8. The number of pyridine rings is 2. The van der Waals surface area contributed by atoms with Crippen LogP contribution in [-0.4, -0.2) is 32.2 Å². The van der Waals surface area contributed by atoms with Gasteiger partial charge in [-0.3, -0.25) is 14.0 Å². The first-order valence-corrected chi connectivity index (χ1v) is 10.0. The summed E-state index contributed by atoms with van der Waals surface area (Å²) < 4.78 is 1.94. The molecule has 2 amide bonds. The minimum atomic E-state index is -0.155. The first kappa shape index (κ1) is 19.4. The summed E-state index contributed by atoms with van der Waals surface area (Å²) in [5.74, 6) is 0.145. The van der Waals surface area contributed by atoms with E-state index >= 15 is 0 Å². The summed E-state index contributed by atoms with van der Waals surface area (Å²) >= 11 is 6.38. The second-order valence-electron chi connectivity index (χ2n) is 7.37. The molecular formula is C21H22ClN5O2. The van der Waals surface area contributed by atoms with Crippen LogP contribution in [0.1, 0.15) is 32.6 Å². The molecule has 1 aliphatic carbocycles. The van der Waals surface area contributed by atoms with Crippen LogP contribution in [0.3, 0.4) is 0 Å². The number of fused-ring (bicyclic) bond motifs is 1. The number of nitrogens with zero attached hydrogens (tertiary/aromatic N) is 3. The van der Waals surface area contributed by atoms with Gasteiger partial charge >= 0.3 is 0 Å². The lowest BCUT2D eigenvalue weighted by atomic mass is 9.85. The number of amides is 2. The van der Waals surface area contributed by atoms with Gasteiger partial charge in [0.05, 0.1) is 16.9 Å². The number of aromatic nitrogens is 3. The fourth-order valence-corrected chi connectivity index (χ4v) is 4.11. The van der Waals surface area contributed by atoms with Crippen LogP contribution in [0.5, 0.6) is 0 Å². The first-order valence-electron chi connectivity index (χ1n) is 9.67. The molecule has 7 nitrogen and oxygen atoms in total. The van der Waals surface area contributed by atoms with E-state index in [-0.39, 0.29) is 23.8 Å². The zero-order chi connectivity index (χ0) is 20.4. The van der Waals surface area contributed by atoms with Crippen LogP contribution in [0.4, 0.5) is 5.82 Å². The smallest absolute Gasteiger partial charge is 0.228 e. The standard InChI is InChI=1S/C21H22ClN5O2/c1-13(28)25-15-6-4-5-14(9-15)21(29)26-19-10-16(17(22)11-23-19)18-12-24-20-7-2-3-8-27(18)20/h2-3,7-8,10-12,14-15H,4-6,9H2,1H3,(H,25,28)(H,23,26,29)/t14-,15+/m0/s1. The van der Waals surface area contributed by atoms with E-state index in [1.165, 1.54) is 13.1 Å². The highest BCUT2D eigenvalue weighted by atomic mass is 35.5. The lowest BCUT2D eigenvalue weighted by molar-refractivity contribution is -0.123. The number of imidazole rings is 1. The van der Waals surface area contributed by atoms with Gasteiger partial charge < -0.3 is 10.6 Å². The predicted molar refractivity (Wildman–Crippen MR) is 112 cm³/mol. The van der Waals surface area contributed by atoms with Crippen molar-refractivity contribution >= 4 is 34.9 Å². The number of anilines is 1. The number of carbonyl (C=O) groups excluding carboxylic acids is 2. The normalized spacial score (nSPS) is 19.1. The van der Waals surface area contributed by atoms with Crippen molar-refractivity contribution in [2.24, 2.45) is 5.92 Å². The maximum absolute atomic E-state index is 12.8. The quantitative estimate of drug-likeness (QED) is 0.685. The molecule has 0 spiro atoms. The molecule has 1 fully saturated rings. The van der Waals surface area contributed by atoms with Gasteiger partial charge in [-0.1, -0.05) is 24.1 Å². The van der Waals surface area contributed by atoms with Gasteiger partial charge in [0.1, 0.15) is 11.5 Å². The van der Waals surface area contributed by atoms with Gasteiger partial charge in [-0.25, -0.2) is 9.97 Å². The Kier molecular flexibility index (Phi) is 5.49. The Balaban J connectivity index is 1.53. The predicted octanol–water partition coefficient (Wildman–Crippen LogP) is 3.68. The molecule has 3 aromatic rings. The van der Waals surface area contributed by atoms with E-state index in [2.05, 4.69) is 20.6 Å². The van der Waals surface area contributed by atoms with Gasteiger partial charge in [-0.05, 0) is 37.5 Å². The fourth-order valence-electron chi connectivity index (χ4n) is 3.91. The molecule has 3 aromatic heterocycles. The summed E-state index contributed by atoms with van der Waals surface area (Å²) in [6, 6.07) is 7.57. The van der Waals surface area contributed by atoms with Crippen LogP contribution in [-0.2, 0) is 9.59 Å². The van der Waals surface area contributed by atoms with E-state index in [0.29, 0.717) is 17.3 Å². The van der Waals surface area contributed by atoms with Gasteiger partial charge in [0.15, 0.2) is 0 Å². The molecule has 4 rings (SSSR count). The van der Waals surface area contributed by atoms with E-state index in [4.69, 9.17) is 11.6 Å². The van der Waals surface area contributed by atoms with Crippen molar-refractivity contribution in [3.63, 3.8) is 0 Å². The Morgan fingerprint density at radius 3 is 2.90 bits per heavy atom. The van der Waals surface area contributed by atoms with Gasteiger partial charge in [0, 0.05) is 36.8 Å². The van der Waals surface area contributed by atoms with Gasteiger partial charge in [-0.2, -0.15) is 0 Å². The first-order chi connectivity index (χ1) is 14.0. The van der Waals surface area contributed by atoms with Crippen LogP contribution >= 0.6 is 11.6 Å².